The summed E-state index contributed by atoms with van der Waals surface area (Å²) in [6.07, 6.45) is 3.58. The number of hydrazone groups is 1. The van der Waals surface area contributed by atoms with Gasteiger partial charge in [0.1, 0.15) is 0 Å². The van der Waals surface area contributed by atoms with E-state index in [1.54, 1.807) is 24.4 Å². The molecular formula is C23H15Cl4N3O. The first kappa shape index (κ1) is 21.7. The topological polar surface area (TPSA) is 46.4 Å². The molecule has 4 aromatic rings. The maximum absolute atomic E-state index is 12.4. The molecule has 156 valence electrons. The van der Waals surface area contributed by atoms with Crippen LogP contribution in [0.2, 0.25) is 20.1 Å². The number of aromatic nitrogens is 1. The Hall–Kier alpha value is -2.50. The zero-order chi connectivity index (χ0) is 22.0. The van der Waals surface area contributed by atoms with Gasteiger partial charge in [-0.2, -0.15) is 5.10 Å². The first-order valence-electron chi connectivity index (χ1n) is 9.22. The molecule has 0 unspecified atom stereocenters. The number of para-hydroxylation sites is 1. The highest BCUT2D eigenvalue weighted by atomic mass is 35.5. The predicted molar refractivity (Wildman–Crippen MR) is 129 cm³/mol. The van der Waals surface area contributed by atoms with Crippen molar-refractivity contribution >= 4 is 69.4 Å². The Morgan fingerprint density at radius 3 is 2.52 bits per heavy atom. The van der Waals surface area contributed by atoms with Crippen molar-refractivity contribution in [3.05, 3.63) is 104 Å². The number of amides is 1. The Morgan fingerprint density at radius 2 is 1.74 bits per heavy atom. The van der Waals surface area contributed by atoms with Gasteiger partial charge in [-0.15, -0.1) is 0 Å². The van der Waals surface area contributed by atoms with Crippen LogP contribution in [0, 0.1) is 0 Å². The van der Waals surface area contributed by atoms with E-state index in [4.69, 9.17) is 46.4 Å². The van der Waals surface area contributed by atoms with Gasteiger partial charge in [0.05, 0.1) is 26.8 Å². The van der Waals surface area contributed by atoms with Gasteiger partial charge in [-0.05, 0) is 42.0 Å². The molecule has 0 fully saturated rings. The molecule has 1 N–H and O–H groups in total. The molecule has 0 atom stereocenters. The van der Waals surface area contributed by atoms with E-state index >= 15 is 0 Å². The molecule has 0 aliphatic heterocycles. The molecule has 0 bridgehead atoms. The molecule has 4 nitrogen and oxygen atoms in total. The lowest BCUT2D eigenvalue weighted by atomic mass is 10.2. The third-order valence-corrected chi connectivity index (χ3v) is 5.99. The molecule has 1 heterocycles. The predicted octanol–water partition coefficient (Wildman–Crippen LogP) is 7.07. The number of fused-ring (bicyclic) bond motifs is 1. The van der Waals surface area contributed by atoms with Crippen LogP contribution >= 0.6 is 46.4 Å². The van der Waals surface area contributed by atoms with E-state index in [-0.39, 0.29) is 5.02 Å². The van der Waals surface area contributed by atoms with Crippen molar-refractivity contribution in [2.24, 2.45) is 5.10 Å². The number of rotatable bonds is 5. The summed E-state index contributed by atoms with van der Waals surface area (Å²) >= 11 is 24.1. The first-order valence-corrected chi connectivity index (χ1v) is 10.7. The van der Waals surface area contributed by atoms with E-state index in [1.807, 2.05) is 42.6 Å². The normalized spacial score (nSPS) is 11.4. The number of nitrogens with zero attached hydrogens (tertiary/aromatic N) is 2. The van der Waals surface area contributed by atoms with Gasteiger partial charge in [-0.3, -0.25) is 4.79 Å². The Bertz CT molecular complexity index is 1310. The molecule has 8 heteroatoms. The maximum Gasteiger partial charge on any atom is 0.272 e. The van der Waals surface area contributed by atoms with Gasteiger partial charge in [-0.1, -0.05) is 70.7 Å². The number of benzene rings is 3. The number of hydrogen-bond donors (Lipinski definition) is 1. The summed E-state index contributed by atoms with van der Waals surface area (Å²) in [6, 6.07) is 18.2. The van der Waals surface area contributed by atoms with Crippen molar-refractivity contribution < 1.29 is 4.79 Å². The number of hydrogen-bond acceptors (Lipinski definition) is 2. The maximum atomic E-state index is 12.4. The number of halogens is 4. The van der Waals surface area contributed by atoms with Crippen LogP contribution in [-0.2, 0) is 6.54 Å². The van der Waals surface area contributed by atoms with Crippen LogP contribution < -0.4 is 5.43 Å². The standard InChI is InChI=1S/C23H15Cl4N3O/c24-16-6-7-18(20(26)10-16)23(31)29-28-11-15-13-30(22-4-2-1-3-17(15)22)12-14-5-8-19(25)21(27)9-14/h1-11,13H,12H2,(H,29,31). The van der Waals surface area contributed by atoms with Crippen molar-refractivity contribution in [3.8, 4) is 0 Å². The lowest BCUT2D eigenvalue weighted by Crippen LogP contribution is -2.18. The molecule has 1 aromatic heterocycles. The van der Waals surface area contributed by atoms with Crippen LogP contribution in [0.4, 0.5) is 0 Å². The highest BCUT2D eigenvalue weighted by Crippen LogP contribution is 2.25. The molecule has 1 amide bonds. The molecule has 0 spiro atoms. The van der Waals surface area contributed by atoms with Crippen LogP contribution in [0.3, 0.4) is 0 Å². The SMILES string of the molecule is O=C(NN=Cc1cn(Cc2ccc(Cl)c(Cl)c2)c2ccccc12)c1ccc(Cl)cc1Cl. The summed E-state index contributed by atoms with van der Waals surface area (Å²) in [5, 5.41) is 6.87. The van der Waals surface area contributed by atoms with E-state index in [0.29, 0.717) is 27.2 Å². The largest absolute Gasteiger partial charge is 0.342 e. The number of carbonyl (C=O) groups is 1. The van der Waals surface area contributed by atoms with Crippen LogP contribution in [-0.4, -0.2) is 16.7 Å². The van der Waals surface area contributed by atoms with Gasteiger partial charge in [0.15, 0.2) is 0 Å². The van der Waals surface area contributed by atoms with Gasteiger partial charge in [-0.25, -0.2) is 5.43 Å². The molecular weight excluding hydrogens is 476 g/mol. The minimum atomic E-state index is -0.419. The fourth-order valence-corrected chi connectivity index (χ4v) is 4.05. The summed E-state index contributed by atoms with van der Waals surface area (Å²) in [7, 11) is 0. The number of nitrogens with one attached hydrogen (secondary N) is 1. The van der Waals surface area contributed by atoms with Crippen LogP contribution in [0.25, 0.3) is 10.9 Å². The third-order valence-electron chi connectivity index (χ3n) is 4.70. The Balaban J connectivity index is 1.58. The van der Waals surface area contributed by atoms with Crippen LogP contribution in [0.5, 0.6) is 0 Å². The van der Waals surface area contributed by atoms with Crippen molar-refractivity contribution in [1.82, 2.24) is 9.99 Å². The third kappa shape index (κ3) is 4.89. The monoisotopic (exact) mass is 489 g/mol. The van der Waals surface area contributed by atoms with Gasteiger partial charge in [0.2, 0.25) is 0 Å². The fourth-order valence-electron chi connectivity index (χ4n) is 3.24. The van der Waals surface area contributed by atoms with Crippen LogP contribution in [0.15, 0.2) is 72.0 Å². The van der Waals surface area contributed by atoms with Crippen molar-refractivity contribution in [2.45, 2.75) is 6.54 Å². The average Bonchev–Trinajstić information content (AvgIpc) is 3.08. The van der Waals surface area contributed by atoms with E-state index in [0.717, 1.165) is 22.0 Å². The Morgan fingerprint density at radius 1 is 0.935 bits per heavy atom. The number of carbonyl (C=O) groups excluding carboxylic acids is 1. The van der Waals surface area contributed by atoms with E-state index in [9.17, 15) is 4.79 Å². The van der Waals surface area contributed by atoms with Crippen molar-refractivity contribution in [1.29, 1.82) is 0 Å². The molecule has 0 aliphatic carbocycles. The molecule has 3 aromatic carbocycles. The quantitative estimate of drug-likeness (QED) is 0.236. The van der Waals surface area contributed by atoms with Crippen LogP contribution in [0.1, 0.15) is 21.5 Å². The molecule has 0 saturated carbocycles. The second-order valence-corrected chi connectivity index (χ2v) is 8.46. The first-order chi connectivity index (χ1) is 14.9. The lowest BCUT2D eigenvalue weighted by molar-refractivity contribution is 0.0955. The second-order valence-electron chi connectivity index (χ2n) is 6.80. The molecule has 0 aliphatic rings. The van der Waals surface area contributed by atoms with E-state index < -0.39 is 5.91 Å². The highest BCUT2D eigenvalue weighted by Gasteiger charge is 2.11. The van der Waals surface area contributed by atoms with Crippen molar-refractivity contribution in [3.63, 3.8) is 0 Å². The smallest absolute Gasteiger partial charge is 0.272 e. The molecule has 4 rings (SSSR count). The van der Waals surface area contributed by atoms with Crippen molar-refractivity contribution in [2.75, 3.05) is 0 Å². The second kappa shape index (κ2) is 9.33. The summed E-state index contributed by atoms with van der Waals surface area (Å²) in [5.74, 6) is -0.419. The molecule has 0 saturated heterocycles. The summed E-state index contributed by atoms with van der Waals surface area (Å²) in [4.78, 5) is 12.4. The Kier molecular flexibility index (Phi) is 6.54. The van der Waals surface area contributed by atoms with Gasteiger partial charge < -0.3 is 4.57 Å². The minimum absolute atomic E-state index is 0.262. The lowest BCUT2D eigenvalue weighted by Gasteiger charge is -2.06. The van der Waals surface area contributed by atoms with E-state index in [2.05, 4.69) is 15.1 Å². The van der Waals surface area contributed by atoms with Gasteiger partial charge in [0, 0.05) is 34.2 Å². The average molecular weight is 491 g/mol. The highest BCUT2D eigenvalue weighted by molar-refractivity contribution is 6.42. The van der Waals surface area contributed by atoms with E-state index in [1.165, 1.54) is 6.07 Å². The fraction of sp³-hybridized carbons (Fsp3) is 0.0435. The Labute approximate surface area is 199 Å². The summed E-state index contributed by atoms with van der Waals surface area (Å²) in [6.45, 7) is 0.609. The molecule has 31 heavy (non-hydrogen) atoms. The summed E-state index contributed by atoms with van der Waals surface area (Å²) < 4.78 is 2.09. The van der Waals surface area contributed by atoms with Gasteiger partial charge in [0.25, 0.3) is 5.91 Å². The zero-order valence-electron chi connectivity index (χ0n) is 15.9. The zero-order valence-corrected chi connectivity index (χ0v) is 19.0. The van der Waals surface area contributed by atoms with Gasteiger partial charge >= 0.3 is 0 Å². The summed E-state index contributed by atoms with van der Waals surface area (Å²) in [5.41, 5.74) is 5.71. The molecule has 0 radical (unpaired) electrons. The minimum Gasteiger partial charge on any atom is -0.342 e.